The Bertz CT molecular complexity index is 715. The largest absolute Gasteiger partial charge is 0.481 e. The lowest BCUT2D eigenvalue weighted by Gasteiger charge is -2.20. The van der Waals surface area contributed by atoms with Gasteiger partial charge in [-0.05, 0) is 17.5 Å². The van der Waals surface area contributed by atoms with Gasteiger partial charge in [0.25, 0.3) is 0 Å². The van der Waals surface area contributed by atoms with E-state index in [1.54, 1.807) is 0 Å². The quantitative estimate of drug-likeness (QED) is 0.784. The molecule has 1 heterocycles. The number of aliphatic carboxylic acids is 1. The van der Waals surface area contributed by atoms with E-state index >= 15 is 0 Å². The molecule has 27 heavy (non-hydrogen) atoms. The zero-order valence-electron chi connectivity index (χ0n) is 14.1. The number of amides is 1. The fourth-order valence-corrected chi connectivity index (χ4v) is 3.12. The number of benzene rings is 1. The van der Waals surface area contributed by atoms with Crippen molar-refractivity contribution in [1.82, 2.24) is 4.90 Å². The highest BCUT2D eigenvalue weighted by Gasteiger charge is 2.53. The first-order chi connectivity index (χ1) is 12.3. The summed E-state index contributed by atoms with van der Waals surface area (Å²) in [4.78, 5) is 24.2. The van der Waals surface area contributed by atoms with Crippen LogP contribution in [0.2, 0.25) is 0 Å². The van der Waals surface area contributed by atoms with Crippen molar-refractivity contribution in [1.29, 1.82) is 0 Å². The van der Waals surface area contributed by atoms with E-state index in [2.05, 4.69) is 0 Å². The number of carboxylic acid groups (broad SMARTS) is 1. The van der Waals surface area contributed by atoms with E-state index in [9.17, 15) is 35.9 Å². The Balaban J connectivity index is 2.10. The highest BCUT2D eigenvalue weighted by molar-refractivity contribution is 5.79. The van der Waals surface area contributed by atoms with Gasteiger partial charge in [-0.25, -0.2) is 0 Å². The predicted octanol–water partition coefficient (Wildman–Crippen LogP) is 3.92. The van der Waals surface area contributed by atoms with Crippen LogP contribution < -0.4 is 0 Å². The molecule has 0 aromatic heterocycles. The number of halogens is 6. The van der Waals surface area contributed by atoms with E-state index in [-0.39, 0.29) is 12.0 Å². The second kappa shape index (κ2) is 7.40. The summed E-state index contributed by atoms with van der Waals surface area (Å²) in [6, 6.07) is 4.36. The highest BCUT2D eigenvalue weighted by atomic mass is 19.4. The fourth-order valence-electron chi connectivity index (χ4n) is 3.12. The monoisotopic (exact) mass is 397 g/mol. The van der Waals surface area contributed by atoms with E-state index in [0.29, 0.717) is 0 Å². The summed E-state index contributed by atoms with van der Waals surface area (Å²) in [5.74, 6) is -6.95. The standard InChI is InChI=1S/C17H17F6NO3/c1-9(10-3-2-4-11(6-10)16(18,19)20)5-14(25)24-7-12(15(26)27)13(8-24)17(21,22)23/h2-4,6,9,12-13H,5,7-8H2,1H3,(H,26,27)/t9?,12-,13-/m1/s1. The molecule has 1 saturated heterocycles. The molecule has 3 atom stereocenters. The molecule has 4 nitrogen and oxygen atoms in total. The molecule has 1 aliphatic rings. The number of nitrogens with zero attached hydrogens (tertiary/aromatic N) is 1. The number of likely N-dealkylation sites (tertiary alicyclic amines) is 1. The van der Waals surface area contributed by atoms with Gasteiger partial charge in [-0.1, -0.05) is 25.1 Å². The number of hydrogen-bond acceptors (Lipinski definition) is 2. The molecule has 1 aromatic carbocycles. The molecule has 1 amide bonds. The van der Waals surface area contributed by atoms with E-state index in [0.717, 1.165) is 17.0 Å². The van der Waals surface area contributed by atoms with Gasteiger partial charge in [0.1, 0.15) is 0 Å². The van der Waals surface area contributed by atoms with Crippen LogP contribution in [0.1, 0.15) is 30.4 Å². The third kappa shape index (κ3) is 4.92. The summed E-state index contributed by atoms with van der Waals surface area (Å²) in [7, 11) is 0. The van der Waals surface area contributed by atoms with Crippen LogP contribution in [0.5, 0.6) is 0 Å². The smallest absolute Gasteiger partial charge is 0.416 e. The van der Waals surface area contributed by atoms with Gasteiger partial charge in [-0.3, -0.25) is 9.59 Å². The van der Waals surface area contributed by atoms with Crippen LogP contribution in [0.15, 0.2) is 24.3 Å². The zero-order chi connectivity index (χ0) is 20.6. The average Bonchev–Trinajstić information content (AvgIpc) is 3.00. The van der Waals surface area contributed by atoms with Crippen LogP contribution in [-0.4, -0.2) is 41.1 Å². The van der Waals surface area contributed by atoms with Crippen molar-refractivity contribution in [3.05, 3.63) is 35.4 Å². The maximum atomic E-state index is 13.0. The minimum atomic E-state index is -4.76. The number of carboxylic acids is 1. The Kier molecular flexibility index (Phi) is 5.77. The van der Waals surface area contributed by atoms with Crippen molar-refractivity contribution in [3.8, 4) is 0 Å². The first kappa shape index (κ1) is 21.0. The van der Waals surface area contributed by atoms with Gasteiger partial charge in [0, 0.05) is 19.5 Å². The molecule has 0 spiro atoms. The van der Waals surface area contributed by atoms with Gasteiger partial charge in [0.05, 0.1) is 17.4 Å². The van der Waals surface area contributed by atoms with Gasteiger partial charge in [0.2, 0.25) is 5.91 Å². The lowest BCUT2D eigenvalue weighted by molar-refractivity contribution is -0.188. The van der Waals surface area contributed by atoms with Crippen molar-refractivity contribution in [2.45, 2.75) is 31.6 Å². The fraction of sp³-hybridized carbons (Fsp3) is 0.529. The molecule has 150 valence electrons. The topological polar surface area (TPSA) is 57.6 Å². The first-order valence-electron chi connectivity index (χ1n) is 8.05. The number of hydrogen-bond donors (Lipinski definition) is 1. The average molecular weight is 397 g/mol. The van der Waals surface area contributed by atoms with E-state index in [1.165, 1.54) is 19.1 Å². The number of carbonyl (C=O) groups excluding carboxylic acids is 1. The Morgan fingerprint density at radius 1 is 1.19 bits per heavy atom. The van der Waals surface area contributed by atoms with E-state index in [1.807, 2.05) is 0 Å². The van der Waals surface area contributed by atoms with Gasteiger partial charge < -0.3 is 10.0 Å². The predicted molar refractivity (Wildman–Crippen MR) is 81.7 cm³/mol. The minimum absolute atomic E-state index is 0.222. The van der Waals surface area contributed by atoms with Crippen LogP contribution in [-0.2, 0) is 15.8 Å². The second-order valence-electron chi connectivity index (χ2n) is 6.62. The lowest BCUT2D eigenvalue weighted by Crippen LogP contribution is -2.34. The van der Waals surface area contributed by atoms with Crippen LogP contribution >= 0.6 is 0 Å². The molecule has 1 N–H and O–H groups in total. The first-order valence-corrected chi connectivity index (χ1v) is 8.05. The molecular weight excluding hydrogens is 380 g/mol. The number of alkyl halides is 6. The molecule has 1 aliphatic heterocycles. The molecular formula is C17H17F6NO3. The zero-order valence-corrected chi connectivity index (χ0v) is 14.1. The summed E-state index contributed by atoms with van der Waals surface area (Å²) in [5, 5.41) is 8.97. The second-order valence-corrected chi connectivity index (χ2v) is 6.62. The number of carbonyl (C=O) groups is 2. The highest BCUT2D eigenvalue weighted by Crippen LogP contribution is 2.38. The maximum Gasteiger partial charge on any atom is 0.416 e. The Labute approximate surface area is 150 Å². The van der Waals surface area contributed by atoms with Crippen molar-refractivity contribution in [3.63, 3.8) is 0 Å². The Hall–Kier alpha value is -2.26. The maximum absolute atomic E-state index is 13.0. The molecule has 0 aliphatic carbocycles. The SMILES string of the molecule is CC(CC(=O)N1C[C@@H](C(F)(F)F)[C@H](C(=O)O)C1)c1cccc(C(F)(F)F)c1. The van der Waals surface area contributed by atoms with Gasteiger partial charge in [-0.15, -0.1) is 0 Å². The lowest BCUT2D eigenvalue weighted by atomic mass is 9.95. The summed E-state index contributed by atoms with van der Waals surface area (Å²) in [5.41, 5.74) is -0.664. The Morgan fingerprint density at radius 2 is 1.81 bits per heavy atom. The molecule has 0 saturated carbocycles. The summed E-state index contributed by atoms with van der Waals surface area (Å²) < 4.78 is 77.3. The van der Waals surface area contributed by atoms with E-state index in [4.69, 9.17) is 5.11 Å². The van der Waals surface area contributed by atoms with Crippen LogP contribution in [0.25, 0.3) is 0 Å². The van der Waals surface area contributed by atoms with Crippen LogP contribution in [0.3, 0.4) is 0 Å². The molecule has 0 radical (unpaired) electrons. The van der Waals surface area contributed by atoms with Crippen molar-refractivity contribution < 1.29 is 41.0 Å². The summed E-state index contributed by atoms with van der Waals surface area (Å²) in [6.45, 7) is 0.141. The summed E-state index contributed by atoms with van der Waals surface area (Å²) >= 11 is 0. The third-order valence-corrected chi connectivity index (χ3v) is 4.67. The molecule has 0 bridgehead atoms. The van der Waals surface area contributed by atoms with E-state index < -0.39 is 60.6 Å². The molecule has 1 aromatic rings. The van der Waals surface area contributed by atoms with Gasteiger partial charge in [0.15, 0.2) is 0 Å². The molecule has 1 unspecified atom stereocenters. The molecule has 10 heteroatoms. The normalized spacial score (nSPS) is 22.0. The van der Waals surface area contributed by atoms with Gasteiger partial charge in [-0.2, -0.15) is 26.3 Å². The molecule has 1 fully saturated rings. The Morgan fingerprint density at radius 3 is 2.30 bits per heavy atom. The van der Waals surface area contributed by atoms with Crippen molar-refractivity contribution in [2.24, 2.45) is 11.8 Å². The number of rotatable bonds is 4. The molecule has 2 rings (SSSR count). The minimum Gasteiger partial charge on any atom is -0.481 e. The van der Waals surface area contributed by atoms with Crippen LogP contribution in [0, 0.1) is 11.8 Å². The third-order valence-electron chi connectivity index (χ3n) is 4.67. The van der Waals surface area contributed by atoms with Crippen molar-refractivity contribution in [2.75, 3.05) is 13.1 Å². The van der Waals surface area contributed by atoms with Gasteiger partial charge >= 0.3 is 18.3 Å². The van der Waals surface area contributed by atoms with Crippen molar-refractivity contribution >= 4 is 11.9 Å². The summed E-state index contributed by atoms with van der Waals surface area (Å²) in [6.07, 6.45) is -9.63. The van der Waals surface area contributed by atoms with Crippen LogP contribution in [0.4, 0.5) is 26.3 Å².